The van der Waals surface area contributed by atoms with Gasteiger partial charge in [-0.2, -0.15) is 0 Å². The van der Waals surface area contributed by atoms with Gasteiger partial charge in [0.25, 0.3) is 0 Å². The van der Waals surface area contributed by atoms with Crippen LogP contribution in [0.5, 0.6) is 0 Å². The fourth-order valence-corrected chi connectivity index (χ4v) is 1.38. The van der Waals surface area contributed by atoms with Crippen molar-refractivity contribution in [1.29, 1.82) is 0 Å². The Balaban J connectivity index is 0.00000144. The molecule has 0 spiro atoms. The molecule has 1 nitrogen and oxygen atoms in total. The summed E-state index contributed by atoms with van der Waals surface area (Å²) in [7, 11) is 2.27. The highest BCUT2D eigenvalue weighted by molar-refractivity contribution is 5.41. The number of nitrogens with zero attached hydrogens (tertiary/aromatic N) is 1. The molecule has 1 aromatic rings. The Morgan fingerprint density at radius 3 is 1.85 bits per heavy atom. The molecule has 0 aromatic heterocycles. The normalized spacial score (nSPS) is 10.7. The van der Waals surface area contributed by atoms with Gasteiger partial charge in [-0.05, 0) is 26.0 Å². The topological polar surface area (TPSA) is 0 Å². The highest BCUT2D eigenvalue weighted by Crippen LogP contribution is 2.19. The van der Waals surface area contributed by atoms with Crippen molar-refractivity contribution in [3.8, 4) is 0 Å². The molecule has 0 heterocycles. The van der Waals surface area contributed by atoms with Crippen molar-refractivity contribution < 1.29 is 17.0 Å². The number of halogens is 1. The Labute approximate surface area is 91.7 Å². The van der Waals surface area contributed by atoms with E-state index in [1.807, 2.05) is 0 Å². The van der Waals surface area contributed by atoms with E-state index in [0.717, 1.165) is 17.6 Å². The molecule has 0 aliphatic heterocycles. The van der Waals surface area contributed by atoms with Crippen LogP contribution in [0, 0.1) is 0 Å². The predicted molar refractivity (Wildman–Crippen MR) is 55.2 cm³/mol. The number of quaternary nitrogens is 1. The lowest BCUT2D eigenvalue weighted by molar-refractivity contribution is -0.00000265. The minimum absolute atomic E-state index is 0. The van der Waals surface area contributed by atoms with Crippen LogP contribution in [0.2, 0.25) is 0 Å². The zero-order valence-corrected chi connectivity index (χ0v) is 10.2. The average molecular weight is 244 g/mol. The SMILES string of the molecule is CC[N+](C)(CC)c1ccccc1.[Br-]. The number of hydrogen-bond donors (Lipinski definition) is 0. The van der Waals surface area contributed by atoms with Gasteiger partial charge in [0.2, 0.25) is 0 Å². The van der Waals surface area contributed by atoms with Crippen LogP contribution in [-0.4, -0.2) is 20.1 Å². The third kappa shape index (κ3) is 2.82. The van der Waals surface area contributed by atoms with Crippen LogP contribution in [0.25, 0.3) is 0 Å². The van der Waals surface area contributed by atoms with Gasteiger partial charge in [-0.1, -0.05) is 18.2 Å². The zero-order chi connectivity index (χ0) is 9.03. The number of hydrogen-bond acceptors (Lipinski definition) is 0. The van der Waals surface area contributed by atoms with Crippen molar-refractivity contribution in [1.82, 2.24) is 4.48 Å². The van der Waals surface area contributed by atoms with Gasteiger partial charge in [0.05, 0.1) is 20.1 Å². The quantitative estimate of drug-likeness (QED) is 0.639. The summed E-state index contributed by atoms with van der Waals surface area (Å²) in [5.41, 5.74) is 1.41. The first-order valence-corrected chi connectivity index (χ1v) is 4.63. The van der Waals surface area contributed by atoms with Gasteiger partial charge >= 0.3 is 0 Å². The van der Waals surface area contributed by atoms with E-state index in [1.165, 1.54) is 5.69 Å². The molecule has 0 aliphatic carbocycles. The van der Waals surface area contributed by atoms with Gasteiger partial charge in [-0.15, -0.1) is 0 Å². The maximum absolute atomic E-state index is 2.27. The van der Waals surface area contributed by atoms with Gasteiger partial charge in [-0.25, -0.2) is 0 Å². The van der Waals surface area contributed by atoms with E-state index in [-0.39, 0.29) is 17.0 Å². The van der Waals surface area contributed by atoms with Crippen molar-refractivity contribution in [2.75, 3.05) is 20.1 Å². The lowest BCUT2D eigenvalue weighted by atomic mass is 10.2. The molecule has 1 aromatic carbocycles. The maximum Gasteiger partial charge on any atom is 0.132 e. The van der Waals surface area contributed by atoms with Gasteiger partial charge < -0.3 is 17.0 Å². The average Bonchev–Trinajstić information content (AvgIpc) is 2.18. The van der Waals surface area contributed by atoms with Crippen LogP contribution in [0.3, 0.4) is 0 Å². The summed E-state index contributed by atoms with van der Waals surface area (Å²) in [5, 5.41) is 0. The molecule has 0 amide bonds. The molecule has 0 bridgehead atoms. The highest BCUT2D eigenvalue weighted by atomic mass is 79.9. The fraction of sp³-hybridized carbons (Fsp3) is 0.455. The van der Waals surface area contributed by atoms with E-state index in [4.69, 9.17) is 0 Å². The monoisotopic (exact) mass is 243 g/mol. The second-order valence-electron chi connectivity index (χ2n) is 3.36. The molecule has 0 atom stereocenters. The third-order valence-corrected chi connectivity index (χ3v) is 2.78. The van der Waals surface area contributed by atoms with Gasteiger partial charge in [0, 0.05) is 0 Å². The van der Waals surface area contributed by atoms with E-state index in [2.05, 4.69) is 51.2 Å². The standard InChI is InChI=1S/C11H18N.BrH/c1-4-12(3,5-2)11-9-7-6-8-10-11;/h6-10H,4-5H2,1-3H3;1H/q+1;/p-1. The smallest absolute Gasteiger partial charge is 0.132 e. The molecule has 0 N–H and O–H groups in total. The van der Waals surface area contributed by atoms with Crippen LogP contribution in [0.1, 0.15) is 13.8 Å². The van der Waals surface area contributed by atoms with Crippen LogP contribution >= 0.6 is 0 Å². The Morgan fingerprint density at radius 1 is 1.00 bits per heavy atom. The lowest BCUT2D eigenvalue weighted by Gasteiger charge is -2.31. The molecule has 0 fully saturated rings. The molecule has 0 saturated heterocycles. The summed E-state index contributed by atoms with van der Waals surface area (Å²) < 4.78 is 1.03. The molecule has 0 saturated carbocycles. The van der Waals surface area contributed by atoms with Crippen molar-refractivity contribution in [3.63, 3.8) is 0 Å². The summed E-state index contributed by atoms with van der Waals surface area (Å²) in [6, 6.07) is 10.7. The van der Waals surface area contributed by atoms with Crippen LogP contribution in [-0.2, 0) is 0 Å². The van der Waals surface area contributed by atoms with E-state index in [0.29, 0.717) is 0 Å². The van der Waals surface area contributed by atoms with E-state index >= 15 is 0 Å². The molecule has 0 aliphatic rings. The van der Waals surface area contributed by atoms with Gasteiger partial charge in [-0.3, -0.25) is 4.48 Å². The van der Waals surface area contributed by atoms with Gasteiger partial charge in [0.15, 0.2) is 0 Å². The zero-order valence-electron chi connectivity index (χ0n) is 8.63. The number of para-hydroxylation sites is 1. The molecular formula is C11H18BrN. The van der Waals surface area contributed by atoms with Crippen molar-refractivity contribution in [2.45, 2.75) is 13.8 Å². The summed E-state index contributed by atoms with van der Waals surface area (Å²) in [5.74, 6) is 0. The first-order chi connectivity index (χ1) is 5.73. The Morgan fingerprint density at radius 2 is 1.46 bits per heavy atom. The van der Waals surface area contributed by atoms with Crippen LogP contribution in [0.15, 0.2) is 30.3 Å². The van der Waals surface area contributed by atoms with Crippen molar-refractivity contribution in [3.05, 3.63) is 30.3 Å². The van der Waals surface area contributed by atoms with Crippen LogP contribution < -0.4 is 21.5 Å². The van der Waals surface area contributed by atoms with Crippen molar-refractivity contribution >= 4 is 5.69 Å². The fourth-order valence-electron chi connectivity index (χ4n) is 1.38. The first kappa shape index (κ1) is 12.7. The predicted octanol–water partition coefficient (Wildman–Crippen LogP) is -0.332. The summed E-state index contributed by atoms with van der Waals surface area (Å²) in [4.78, 5) is 0. The van der Waals surface area contributed by atoms with Gasteiger partial charge in [0.1, 0.15) is 5.69 Å². The molecule has 74 valence electrons. The molecule has 0 unspecified atom stereocenters. The largest absolute Gasteiger partial charge is 1.00 e. The number of benzene rings is 1. The molecular weight excluding hydrogens is 226 g/mol. The Kier molecular flexibility index (Phi) is 5.26. The maximum atomic E-state index is 2.27. The molecule has 2 heteroatoms. The highest BCUT2D eigenvalue weighted by Gasteiger charge is 2.18. The second kappa shape index (κ2) is 5.40. The first-order valence-electron chi connectivity index (χ1n) is 4.63. The third-order valence-electron chi connectivity index (χ3n) is 2.78. The molecule has 1 rings (SSSR count). The molecule has 0 radical (unpaired) electrons. The Bertz CT molecular complexity index is 229. The Hall–Kier alpha value is -0.340. The summed E-state index contributed by atoms with van der Waals surface area (Å²) in [6.07, 6.45) is 0. The minimum atomic E-state index is 0. The molecule has 13 heavy (non-hydrogen) atoms. The summed E-state index contributed by atoms with van der Waals surface area (Å²) in [6.45, 7) is 6.77. The van der Waals surface area contributed by atoms with Crippen molar-refractivity contribution in [2.24, 2.45) is 0 Å². The van der Waals surface area contributed by atoms with E-state index in [9.17, 15) is 0 Å². The minimum Gasteiger partial charge on any atom is -1.00 e. The second-order valence-corrected chi connectivity index (χ2v) is 3.36. The van der Waals surface area contributed by atoms with Crippen LogP contribution in [0.4, 0.5) is 5.69 Å². The lowest BCUT2D eigenvalue weighted by Crippen LogP contribution is -3.00. The summed E-state index contributed by atoms with van der Waals surface area (Å²) >= 11 is 0. The van der Waals surface area contributed by atoms with E-state index < -0.39 is 0 Å². The van der Waals surface area contributed by atoms with E-state index in [1.54, 1.807) is 0 Å². The number of rotatable bonds is 3.